The Morgan fingerprint density at radius 2 is 0.772 bits per heavy atom. The van der Waals surface area contributed by atoms with Gasteiger partial charge in [0.25, 0.3) is 0 Å². The molecule has 23 heteroatoms. The van der Waals surface area contributed by atoms with E-state index in [1.807, 2.05) is 0 Å². The molecule has 20 nitrogen and oxygen atoms in total. The molecule has 3 aromatic carbocycles. The summed E-state index contributed by atoms with van der Waals surface area (Å²) in [6.07, 6.45) is 8.06. The van der Waals surface area contributed by atoms with Crippen molar-refractivity contribution in [1.29, 1.82) is 0 Å². The number of fused-ring (bicyclic) bond motifs is 3. The smallest absolute Gasteiger partial charge is 0.335 e. The van der Waals surface area contributed by atoms with Gasteiger partial charge in [0.15, 0.2) is 29.0 Å². The van der Waals surface area contributed by atoms with Gasteiger partial charge < -0.3 is 43.4 Å². The highest BCUT2D eigenvalue weighted by Crippen LogP contribution is 2.34. The van der Waals surface area contributed by atoms with Crippen molar-refractivity contribution in [3.05, 3.63) is 144 Å². The minimum atomic E-state index is -1.21. The van der Waals surface area contributed by atoms with Crippen LogP contribution in [0.5, 0.6) is 0 Å². The summed E-state index contributed by atoms with van der Waals surface area (Å²) in [6, 6.07) is 22.4. The van der Waals surface area contributed by atoms with E-state index in [0.29, 0.717) is 123 Å². The summed E-state index contributed by atoms with van der Waals surface area (Å²) >= 11 is 0. The number of benzene rings is 3. The molecule has 12 rings (SSSR count). The lowest BCUT2D eigenvalue weighted by atomic mass is 9.78. The molecule has 79 heavy (non-hydrogen) atoms. The number of nitrogen functional groups attached to an aromatic ring is 3. The second-order valence-electron chi connectivity index (χ2n) is 19.6. The zero-order valence-electron chi connectivity index (χ0n) is 42.0. The quantitative estimate of drug-likeness (QED) is 0.0633. The summed E-state index contributed by atoms with van der Waals surface area (Å²) in [4.78, 5) is 72.9. The largest absolute Gasteiger partial charge is 0.478 e. The predicted octanol–water partition coefficient (Wildman–Crippen LogP) is 7.09. The van der Waals surface area contributed by atoms with Crippen molar-refractivity contribution in [1.82, 2.24) is 44.9 Å². The average Bonchev–Trinajstić information content (AvgIpc) is 3.40. The number of halogens is 3. The molecule has 3 aliphatic rings. The molecule has 3 aliphatic carbocycles. The molecule has 404 valence electrons. The number of hydrogen-bond acceptors (Lipinski definition) is 19. The normalized spacial score (nSPS) is 19.0. The first-order valence-electron chi connectivity index (χ1n) is 25.0. The zero-order valence-corrected chi connectivity index (χ0v) is 42.0. The molecule has 6 heterocycles. The molecule has 3 fully saturated rings. The Bertz CT molecular complexity index is 3600. The van der Waals surface area contributed by atoms with Crippen LogP contribution in [0.4, 0.5) is 30.6 Å². The van der Waals surface area contributed by atoms with E-state index in [1.54, 1.807) is 48.5 Å². The summed E-state index contributed by atoms with van der Waals surface area (Å²) in [7, 11) is 0. The molecule has 0 saturated heterocycles. The first-order valence-corrected chi connectivity index (χ1v) is 25.0. The predicted molar refractivity (Wildman–Crippen MR) is 287 cm³/mol. The van der Waals surface area contributed by atoms with Crippen LogP contribution in [0.1, 0.15) is 82.4 Å². The van der Waals surface area contributed by atoms with Crippen molar-refractivity contribution in [2.45, 2.75) is 75.7 Å². The molecule has 3 saturated carbocycles. The number of carboxylic acids is 1. The number of aromatic nitrogens is 9. The number of aliphatic hydroxyl groups excluding tert-OH is 3. The van der Waals surface area contributed by atoms with E-state index in [1.165, 1.54) is 55.4 Å². The summed E-state index contributed by atoms with van der Waals surface area (Å²) in [5.41, 5.74) is 28.9. The fourth-order valence-electron chi connectivity index (χ4n) is 9.14. The van der Waals surface area contributed by atoms with E-state index in [2.05, 4.69) is 44.9 Å². The maximum Gasteiger partial charge on any atom is 0.335 e. The van der Waals surface area contributed by atoms with Crippen molar-refractivity contribution in [3.63, 3.8) is 0 Å². The highest BCUT2D eigenvalue weighted by Gasteiger charge is 2.31. The Hall–Kier alpha value is -9.03. The number of carboxylic acid groups (broad SMARTS) is 1. The van der Waals surface area contributed by atoms with Crippen LogP contribution >= 0.6 is 0 Å². The number of aromatic carboxylic acids is 1. The highest BCUT2D eigenvalue weighted by atomic mass is 19.1. The molecule has 0 unspecified atom stereocenters. The molecule has 0 atom stereocenters. The zero-order chi connectivity index (χ0) is 56.1. The maximum atomic E-state index is 14.1. The van der Waals surface area contributed by atoms with Crippen LogP contribution < -0.4 is 22.9 Å². The lowest BCUT2D eigenvalue weighted by Gasteiger charge is -2.30. The molecule has 6 aromatic heterocycles. The molecule has 0 bridgehead atoms. The van der Waals surface area contributed by atoms with E-state index >= 15 is 0 Å². The summed E-state index contributed by atoms with van der Waals surface area (Å²) < 4.78 is 41.7. The van der Waals surface area contributed by atoms with Crippen LogP contribution in [0.25, 0.3) is 66.9 Å². The van der Waals surface area contributed by atoms with Crippen LogP contribution in [0.2, 0.25) is 0 Å². The number of carbonyl (C=O) groups excluding carboxylic acids is 2. The van der Waals surface area contributed by atoms with Gasteiger partial charge in [-0.2, -0.15) is 0 Å². The second kappa shape index (κ2) is 23.7. The number of aliphatic hydroxyl groups is 3. The lowest BCUT2D eigenvalue weighted by Crippen LogP contribution is -2.39. The van der Waals surface area contributed by atoms with Gasteiger partial charge in [0.2, 0.25) is 0 Å². The van der Waals surface area contributed by atoms with Crippen LogP contribution in [0.3, 0.4) is 0 Å². The molecule has 9 aromatic rings. The van der Waals surface area contributed by atoms with Crippen LogP contribution in [-0.4, -0.2) is 107 Å². The number of anilines is 3. The summed E-state index contributed by atoms with van der Waals surface area (Å²) in [5.74, 6) is -2.10. The average molecular weight is 1080 g/mol. The van der Waals surface area contributed by atoms with Crippen LogP contribution in [0, 0.1) is 29.3 Å². The standard InChI is InChI=1S/2C19H17FN4O2.C14H9FN4O2.C4H9NO/c2*20-13-7-11(6-12(8-13)17(26)5-10-3-14(25)4-10)15-1-2-16-18(24-15)19(21)23-9-22-16;15-9-4-7(3-8(5-9)14(20)21)10-1-2-11-12(19-10)13(16)18-6-17-11;5-3-1-4(6)2-3/h2*1-2,6-10,14,25H,3-5H2,(H2,21,22,23);1-6H,(H,20,21)(H2,16,17,18);3-4,6H,1-2,5H2. The van der Waals surface area contributed by atoms with Crippen molar-refractivity contribution < 1.29 is 48.0 Å². The SMILES string of the molecule is NC1CC(O)C1.Nc1ncnc2ccc(-c3cc(F)cc(C(=O)CC4CC(O)C4)c3)nc12.Nc1ncnc2ccc(-c3cc(F)cc(C(=O)CC4CC(O)C4)c3)nc12.Nc1ncnc2ccc(-c3cc(F)cc(C(=O)O)c3)nc12. The highest BCUT2D eigenvalue weighted by molar-refractivity contribution is 5.98. The van der Waals surface area contributed by atoms with E-state index in [0.717, 1.165) is 18.9 Å². The Morgan fingerprint density at radius 1 is 0.456 bits per heavy atom. The Kier molecular flexibility index (Phi) is 16.4. The Morgan fingerprint density at radius 3 is 1.06 bits per heavy atom. The molecular weight excluding hydrogens is 1020 g/mol. The monoisotopic (exact) mass is 1080 g/mol. The van der Waals surface area contributed by atoms with Gasteiger partial charge in [-0.25, -0.2) is 62.8 Å². The van der Waals surface area contributed by atoms with Gasteiger partial charge in [-0.15, -0.1) is 0 Å². The number of ketones is 2. The van der Waals surface area contributed by atoms with Gasteiger partial charge >= 0.3 is 5.97 Å². The maximum absolute atomic E-state index is 14.1. The molecule has 0 aliphatic heterocycles. The lowest BCUT2D eigenvalue weighted by molar-refractivity contribution is 0.0374. The Labute approximate surface area is 447 Å². The molecule has 0 radical (unpaired) electrons. The number of nitrogens with zero attached hydrogens (tertiary/aromatic N) is 9. The fraction of sp³-hybridized carbons (Fsp3) is 0.250. The van der Waals surface area contributed by atoms with Crippen LogP contribution in [-0.2, 0) is 0 Å². The fourth-order valence-corrected chi connectivity index (χ4v) is 9.14. The van der Waals surface area contributed by atoms with E-state index in [-0.39, 0.29) is 64.7 Å². The van der Waals surface area contributed by atoms with E-state index < -0.39 is 23.4 Å². The first kappa shape index (κ1) is 54.7. The third kappa shape index (κ3) is 13.4. The second-order valence-corrected chi connectivity index (χ2v) is 19.6. The molecule has 0 amide bonds. The minimum Gasteiger partial charge on any atom is -0.478 e. The van der Waals surface area contributed by atoms with Gasteiger partial charge in [-0.05, 0) is 141 Å². The Balaban J connectivity index is 0.000000137. The number of hydrogen-bond donors (Lipinski definition) is 8. The number of carbonyl (C=O) groups is 3. The van der Waals surface area contributed by atoms with Gasteiger partial charge in [0, 0.05) is 46.7 Å². The third-order valence-corrected chi connectivity index (χ3v) is 13.5. The number of rotatable bonds is 10. The summed E-state index contributed by atoms with van der Waals surface area (Å²) in [5, 5.41) is 36.2. The molecular formula is C56H52F3N13O7. The van der Waals surface area contributed by atoms with Crippen LogP contribution in [0.15, 0.2) is 110 Å². The minimum absolute atomic E-state index is 0.0833. The van der Waals surface area contributed by atoms with Gasteiger partial charge in [-0.3, -0.25) is 9.59 Å². The van der Waals surface area contributed by atoms with Crippen molar-refractivity contribution in [3.8, 4) is 33.8 Å². The van der Waals surface area contributed by atoms with E-state index in [4.69, 9.17) is 33.1 Å². The summed E-state index contributed by atoms with van der Waals surface area (Å²) in [6.45, 7) is 0. The van der Waals surface area contributed by atoms with Gasteiger partial charge in [0.1, 0.15) is 53.0 Å². The number of Topliss-reactive ketones (excluding diaryl/α,β-unsaturated/α-hetero) is 2. The molecule has 0 spiro atoms. The third-order valence-electron chi connectivity index (χ3n) is 13.5. The van der Waals surface area contributed by atoms with Crippen molar-refractivity contribution >= 4 is 68.1 Å². The number of pyridine rings is 3. The van der Waals surface area contributed by atoms with Gasteiger partial charge in [-0.1, -0.05) is 0 Å². The van der Waals surface area contributed by atoms with Crippen molar-refractivity contribution in [2.24, 2.45) is 17.6 Å². The first-order chi connectivity index (χ1) is 37.8. The number of nitrogens with two attached hydrogens (primary N) is 4. The van der Waals surface area contributed by atoms with E-state index in [9.17, 15) is 37.8 Å². The van der Waals surface area contributed by atoms with Gasteiger partial charge in [0.05, 0.1) is 57.5 Å². The van der Waals surface area contributed by atoms with Crippen molar-refractivity contribution in [2.75, 3.05) is 17.2 Å². The molecule has 12 N–H and O–H groups in total. The topological polar surface area (TPSA) is 352 Å².